The molecule has 2 fully saturated rings. The molecule has 1 aromatic carbocycles. The van der Waals surface area contributed by atoms with Crippen LogP contribution in [0.3, 0.4) is 0 Å². The second-order valence-electron chi connectivity index (χ2n) is 7.10. The quantitative estimate of drug-likeness (QED) is 0.572. The van der Waals surface area contributed by atoms with Crippen molar-refractivity contribution in [3.63, 3.8) is 0 Å². The molecule has 0 unspecified atom stereocenters. The molecule has 2 N–H and O–H groups in total. The molecule has 1 aliphatic carbocycles. The van der Waals surface area contributed by atoms with E-state index in [4.69, 9.17) is 4.74 Å². The van der Waals surface area contributed by atoms with Crippen molar-refractivity contribution in [3.8, 4) is 0 Å². The van der Waals surface area contributed by atoms with Crippen molar-refractivity contribution in [2.24, 2.45) is 0 Å². The minimum atomic E-state index is -0.751. The first-order chi connectivity index (χ1) is 13.9. The summed E-state index contributed by atoms with van der Waals surface area (Å²) in [4.78, 5) is 60.2. The number of hydrogen-bond acceptors (Lipinski definition) is 6. The molecule has 0 bridgehead atoms. The molecular formula is C20H23N3O6. The summed E-state index contributed by atoms with van der Waals surface area (Å²) >= 11 is 0. The molecule has 1 aromatic rings. The van der Waals surface area contributed by atoms with Crippen LogP contribution in [0.2, 0.25) is 0 Å². The molecule has 3 rings (SSSR count). The van der Waals surface area contributed by atoms with Gasteiger partial charge in [0.2, 0.25) is 11.8 Å². The summed E-state index contributed by atoms with van der Waals surface area (Å²) in [5.74, 6) is -2.04. The van der Waals surface area contributed by atoms with Crippen molar-refractivity contribution < 1.29 is 28.7 Å². The SMILES string of the molecule is O=C(COC(=O)c1ccc(N2C(=O)CCC2=O)cc1)NC(=O)NC1CCCCC1. The fourth-order valence-electron chi connectivity index (χ4n) is 3.46. The van der Waals surface area contributed by atoms with Crippen molar-refractivity contribution in [2.75, 3.05) is 11.5 Å². The van der Waals surface area contributed by atoms with Gasteiger partial charge < -0.3 is 10.1 Å². The average Bonchev–Trinajstić information content (AvgIpc) is 3.05. The lowest BCUT2D eigenvalue weighted by Gasteiger charge is -2.22. The molecule has 0 atom stereocenters. The Morgan fingerprint density at radius 3 is 2.21 bits per heavy atom. The zero-order chi connectivity index (χ0) is 20.8. The number of rotatable bonds is 5. The van der Waals surface area contributed by atoms with Crippen LogP contribution in [0.1, 0.15) is 55.3 Å². The molecule has 0 radical (unpaired) electrons. The molecule has 9 heteroatoms. The van der Waals surface area contributed by atoms with Crippen LogP contribution in [-0.2, 0) is 19.1 Å². The van der Waals surface area contributed by atoms with Gasteiger partial charge in [-0.15, -0.1) is 0 Å². The molecule has 1 saturated carbocycles. The van der Waals surface area contributed by atoms with E-state index in [0.29, 0.717) is 5.69 Å². The smallest absolute Gasteiger partial charge is 0.338 e. The van der Waals surface area contributed by atoms with E-state index in [1.807, 2.05) is 0 Å². The van der Waals surface area contributed by atoms with Crippen LogP contribution in [0.25, 0.3) is 0 Å². The summed E-state index contributed by atoms with van der Waals surface area (Å²) in [6, 6.07) is 5.22. The first-order valence-electron chi connectivity index (χ1n) is 9.67. The van der Waals surface area contributed by atoms with Gasteiger partial charge in [0.15, 0.2) is 6.61 Å². The normalized spacial score (nSPS) is 17.2. The third-order valence-corrected chi connectivity index (χ3v) is 4.94. The van der Waals surface area contributed by atoms with Crippen molar-refractivity contribution in [1.29, 1.82) is 0 Å². The first-order valence-corrected chi connectivity index (χ1v) is 9.67. The Morgan fingerprint density at radius 2 is 1.59 bits per heavy atom. The number of carbonyl (C=O) groups is 5. The van der Waals surface area contributed by atoms with Crippen molar-refractivity contribution in [2.45, 2.75) is 51.0 Å². The van der Waals surface area contributed by atoms with Gasteiger partial charge in [0.25, 0.3) is 5.91 Å². The number of imide groups is 2. The standard InChI is InChI=1S/C20H23N3O6/c24-16(22-20(28)21-14-4-2-1-3-5-14)12-29-19(27)13-6-8-15(9-7-13)23-17(25)10-11-18(23)26/h6-9,14H,1-5,10-12H2,(H2,21,22,24,28). The van der Waals surface area contributed by atoms with E-state index in [1.165, 1.54) is 24.3 Å². The molecule has 9 nitrogen and oxygen atoms in total. The Bertz CT molecular complexity index is 798. The third kappa shape index (κ3) is 5.40. The Hall–Kier alpha value is -3.23. The zero-order valence-corrected chi connectivity index (χ0v) is 15.9. The second kappa shape index (κ2) is 9.31. The molecule has 1 heterocycles. The lowest BCUT2D eigenvalue weighted by Crippen LogP contribution is -2.46. The molecule has 1 saturated heterocycles. The predicted molar refractivity (Wildman–Crippen MR) is 102 cm³/mol. The maximum absolute atomic E-state index is 12.1. The number of ether oxygens (including phenoxy) is 1. The van der Waals surface area contributed by atoms with Gasteiger partial charge in [0.05, 0.1) is 11.3 Å². The Morgan fingerprint density at radius 1 is 0.966 bits per heavy atom. The fourth-order valence-corrected chi connectivity index (χ4v) is 3.46. The van der Waals surface area contributed by atoms with Crippen LogP contribution >= 0.6 is 0 Å². The van der Waals surface area contributed by atoms with E-state index in [9.17, 15) is 24.0 Å². The Kier molecular flexibility index (Phi) is 6.58. The number of benzene rings is 1. The van der Waals surface area contributed by atoms with Crippen LogP contribution in [0.4, 0.5) is 10.5 Å². The molecule has 2 aliphatic rings. The van der Waals surface area contributed by atoms with Crippen LogP contribution in [0, 0.1) is 0 Å². The summed E-state index contributed by atoms with van der Waals surface area (Å²) in [6.45, 7) is -0.595. The molecular weight excluding hydrogens is 378 g/mol. The molecule has 29 heavy (non-hydrogen) atoms. The minimum Gasteiger partial charge on any atom is -0.452 e. The molecule has 0 spiro atoms. The zero-order valence-electron chi connectivity index (χ0n) is 15.9. The van der Waals surface area contributed by atoms with E-state index in [-0.39, 0.29) is 36.3 Å². The number of anilines is 1. The van der Waals surface area contributed by atoms with Gasteiger partial charge in [-0.05, 0) is 37.1 Å². The molecule has 5 amide bonds. The van der Waals surface area contributed by atoms with E-state index < -0.39 is 24.5 Å². The van der Waals surface area contributed by atoms with Gasteiger partial charge in [-0.2, -0.15) is 0 Å². The number of hydrogen-bond donors (Lipinski definition) is 2. The maximum Gasteiger partial charge on any atom is 0.338 e. The van der Waals surface area contributed by atoms with Crippen molar-refractivity contribution in [1.82, 2.24) is 10.6 Å². The maximum atomic E-state index is 12.1. The van der Waals surface area contributed by atoms with E-state index in [1.54, 1.807) is 0 Å². The lowest BCUT2D eigenvalue weighted by atomic mass is 9.96. The monoisotopic (exact) mass is 401 g/mol. The average molecular weight is 401 g/mol. The lowest BCUT2D eigenvalue weighted by molar-refractivity contribution is -0.123. The molecule has 0 aromatic heterocycles. The number of nitrogens with zero attached hydrogens (tertiary/aromatic N) is 1. The summed E-state index contributed by atoms with van der Waals surface area (Å²) in [5.41, 5.74) is 0.540. The Balaban J connectivity index is 1.45. The highest BCUT2D eigenvalue weighted by atomic mass is 16.5. The van der Waals surface area contributed by atoms with E-state index in [0.717, 1.165) is 37.0 Å². The van der Waals surface area contributed by atoms with E-state index in [2.05, 4.69) is 10.6 Å². The van der Waals surface area contributed by atoms with Crippen LogP contribution in [0.5, 0.6) is 0 Å². The predicted octanol–water partition coefficient (Wildman–Crippen LogP) is 1.66. The number of amides is 5. The number of esters is 1. The van der Waals surface area contributed by atoms with Gasteiger partial charge in [-0.1, -0.05) is 19.3 Å². The van der Waals surface area contributed by atoms with Gasteiger partial charge >= 0.3 is 12.0 Å². The summed E-state index contributed by atoms with van der Waals surface area (Å²) in [5, 5.41) is 4.88. The van der Waals surface area contributed by atoms with Gasteiger partial charge in [0, 0.05) is 18.9 Å². The summed E-state index contributed by atoms with van der Waals surface area (Å²) in [6.07, 6.45) is 5.38. The fraction of sp³-hybridized carbons (Fsp3) is 0.450. The Labute approximate surface area is 167 Å². The van der Waals surface area contributed by atoms with Gasteiger partial charge in [-0.3, -0.25) is 24.6 Å². The van der Waals surface area contributed by atoms with Crippen molar-refractivity contribution in [3.05, 3.63) is 29.8 Å². The van der Waals surface area contributed by atoms with Crippen LogP contribution in [-0.4, -0.2) is 42.4 Å². The van der Waals surface area contributed by atoms with Crippen LogP contribution < -0.4 is 15.5 Å². The molecule has 154 valence electrons. The topological polar surface area (TPSA) is 122 Å². The highest BCUT2D eigenvalue weighted by molar-refractivity contribution is 6.19. The van der Waals surface area contributed by atoms with Gasteiger partial charge in [0.1, 0.15) is 0 Å². The largest absolute Gasteiger partial charge is 0.452 e. The van der Waals surface area contributed by atoms with Crippen LogP contribution in [0.15, 0.2) is 24.3 Å². The summed E-state index contributed by atoms with van der Waals surface area (Å²) < 4.78 is 4.91. The third-order valence-electron chi connectivity index (χ3n) is 4.94. The van der Waals surface area contributed by atoms with Crippen molar-refractivity contribution >= 4 is 35.4 Å². The van der Waals surface area contributed by atoms with Gasteiger partial charge in [-0.25, -0.2) is 9.59 Å². The highest BCUT2D eigenvalue weighted by Crippen LogP contribution is 2.23. The minimum absolute atomic E-state index is 0.0620. The number of nitrogens with one attached hydrogen (secondary N) is 2. The summed E-state index contributed by atoms with van der Waals surface area (Å²) in [7, 11) is 0. The molecule has 1 aliphatic heterocycles. The highest BCUT2D eigenvalue weighted by Gasteiger charge is 2.30. The number of carbonyl (C=O) groups excluding carboxylic acids is 5. The first kappa shape index (κ1) is 20.5. The second-order valence-corrected chi connectivity index (χ2v) is 7.10. The number of urea groups is 1. The van der Waals surface area contributed by atoms with E-state index >= 15 is 0 Å².